The molecule has 2 N–H and O–H groups in total. The first-order valence-electron chi connectivity index (χ1n) is 9.51. The molecule has 1 aromatic heterocycles. The summed E-state index contributed by atoms with van der Waals surface area (Å²) in [5.74, 6) is 0.605. The number of amides is 1. The number of piperidine rings is 1. The van der Waals surface area contributed by atoms with Gasteiger partial charge in [-0.3, -0.25) is 4.79 Å². The van der Waals surface area contributed by atoms with E-state index in [-0.39, 0.29) is 19.0 Å². The molecule has 2 aromatic rings. The van der Waals surface area contributed by atoms with Crippen LogP contribution in [0.25, 0.3) is 0 Å². The maximum Gasteiger partial charge on any atom is 0.256 e. The second kappa shape index (κ2) is 8.70. The van der Waals surface area contributed by atoms with Gasteiger partial charge in [-0.1, -0.05) is 0 Å². The number of benzene rings is 1. The van der Waals surface area contributed by atoms with E-state index in [1.165, 1.54) is 24.1 Å². The van der Waals surface area contributed by atoms with Crippen LogP contribution in [-0.2, 0) is 24.4 Å². The van der Waals surface area contributed by atoms with Crippen LogP contribution in [0.2, 0.25) is 0 Å². The Balaban J connectivity index is 1.64. The number of halogens is 1. The van der Waals surface area contributed by atoms with Crippen LogP contribution in [0.15, 0.2) is 30.6 Å². The molecule has 0 saturated carbocycles. The number of aromatic nitrogens is 2. The van der Waals surface area contributed by atoms with Crippen LogP contribution in [0.5, 0.6) is 5.75 Å². The number of aryl methyl sites for hydroxylation is 1. The normalized spacial score (nSPS) is 19.9. The SMILES string of the molecule is CCn1ccnc1CNC[C@]1(O)CCCN(Cc2cc(OC)ccc2F)C1=O. The Bertz CT molecular complexity index is 826. The Kier molecular flexibility index (Phi) is 6.31. The van der Waals surface area contributed by atoms with E-state index in [4.69, 9.17) is 4.74 Å². The number of rotatable bonds is 8. The maximum absolute atomic E-state index is 14.1. The molecule has 0 bridgehead atoms. The van der Waals surface area contributed by atoms with Gasteiger partial charge in [0.25, 0.3) is 5.91 Å². The molecule has 0 spiro atoms. The fourth-order valence-electron chi connectivity index (χ4n) is 3.56. The Morgan fingerprint density at radius 2 is 2.25 bits per heavy atom. The summed E-state index contributed by atoms with van der Waals surface area (Å²) in [6.45, 7) is 4.00. The van der Waals surface area contributed by atoms with Crippen molar-refractivity contribution in [2.75, 3.05) is 20.2 Å². The number of hydrogen-bond acceptors (Lipinski definition) is 5. The van der Waals surface area contributed by atoms with Gasteiger partial charge in [-0.2, -0.15) is 0 Å². The van der Waals surface area contributed by atoms with Gasteiger partial charge in [0.1, 0.15) is 17.4 Å². The molecular formula is C20H27FN4O3. The molecule has 1 amide bonds. The second-order valence-corrected chi connectivity index (χ2v) is 7.05. The Morgan fingerprint density at radius 3 is 3.00 bits per heavy atom. The number of carbonyl (C=O) groups excluding carboxylic acids is 1. The van der Waals surface area contributed by atoms with Gasteiger partial charge >= 0.3 is 0 Å². The van der Waals surface area contributed by atoms with Gasteiger partial charge in [-0.25, -0.2) is 9.37 Å². The first-order chi connectivity index (χ1) is 13.5. The smallest absolute Gasteiger partial charge is 0.256 e. The third-order valence-corrected chi connectivity index (χ3v) is 5.16. The maximum atomic E-state index is 14.1. The number of likely N-dealkylation sites (tertiary alicyclic amines) is 1. The van der Waals surface area contributed by atoms with Crippen molar-refractivity contribution >= 4 is 5.91 Å². The average Bonchev–Trinajstić information content (AvgIpc) is 3.15. The number of hydrogen-bond donors (Lipinski definition) is 2. The lowest BCUT2D eigenvalue weighted by Gasteiger charge is -2.38. The number of imidazole rings is 1. The number of aliphatic hydroxyl groups is 1. The standard InChI is InChI=1S/C20H27FN4O3/c1-3-24-10-8-23-18(24)12-22-14-20(27)7-4-9-25(19(20)26)13-15-11-16(28-2)5-6-17(15)21/h5-6,8,10-11,22,27H,3-4,7,9,12-14H2,1-2H3/t20-/m1/s1. The van der Waals surface area contributed by atoms with Crippen molar-refractivity contribution in [3.63, 3.8) is 0 Å². The van der Waals surface area contributed by atoms with Crippen LogP contribution < -0.4 is 10.1 Å². The zero-order chi connectivity index (χ0) is 20.1. The van der Waals surface area contributed by atoms with Crippen LogP contribution in [0.3, 0.4) is 0 Å². The largest absolute Gasteiger partial charge is 0.497 e. The molecule has 28 heavy (non-hydrogen) atoms. The lowest BCUT2D eigenvalue weighted by molar-refractivity contribution is -0.157. The monoisotopic (exact) mass is 390 g/mol. The van der Waals surface area contributed by atoms with Crippen molar-refractivity contribution in [2.24, 2.45) is 0 Å². The van der Waals surface area contributed by atoms with E-state index >= 15 is 0 Å². The second-order valence-electron chi connectivity index (χ2n) is 7.05. The molecule has 0 unspecified atom stereocenters. The predicted octanol–water partition coefficient (Wildman–Crippen LogP) is 1.69. The summed E-state index contributed by atoms with van der Waals surface area (Å²) >= 11 is 0. The summed E-state index contributed by atoms with van der Waals surface area (Å²) < 4.78 is 21.3. The average molecular weight is 390 g/mol. The molecule has 152 valence electrons. The highest BCUT2D eigenvalue weighted by atomic mass is 19.1. The molecule has 1 fully saturated rings. The highest BCUT2D eigenvalue weighted by Crippen LogP contribution is 2.26. The van der Waals surface area contributed by atoms with Crippen LogP contribution >= 0.6 is 0 Å². The van der Waals surface area contributed by atoms with E-state index in [2.05, 4.69) is 10.3 Å². The number of methoxy groups -OCH3 is 1. The van der Waals surface area contributed by atoms with Crippen molar-refractivity contribution in [3.05, 3.63) is 47.8 Å². The molecular weight excluding hydrogens is 363 g/mol. The fourth-order valence-corrected chi connectivity index (χ4v) is 3.56. The van der Waals surface area contributed by atoms with E-state index in [1.54, 1.807) is 12.3 Å². The van der Waals surface area contributed by atoms with E-state index in [0.717, 1.165) is 12.4 Å². The number of nitrogens with zero attached hydrogens (tertiary/aromatic N) is 3. The lowest BCUT2D eigenvalue weighted by atomic mass is 9.91. The zero-order valence-corrected chi connectivity index (χ0v) is 16.3. The van der Waals surface area contributed by atoms with Gasteiger partial charge < -0.3 is 24.6 Å². The van der Waals surface area contributed by atoms with Gasteiger partial charge in [-0.15, -0.1) is 0 Å². The Morgan fingerprint density at radius 1 is 1.43 bits per heavy atom. The fraction of sp³-hybridized carbons (Fsp3) is 0.500. The lowest BCUT2D eigenvalue weighted by Crippen LogP contribution is -2.57. The number of nitrogens with one attached hydrogen (secondary N) is 1. The van der Waals surface area contributed by atoms with E-state index in [9.17, 15) is 14.3 Å². The molecule has 2 heterocycles. The topological polar surface area (TPSA) is 79.6 Å². The van der Waals surface area contributed by atoms with E-state index in [0.29, 0.717) is 37.2 Å². The summed E-state index contributed by atoms with van der Waals surface area (Å²) in [6.07, 6.45) is 4.64. The first-order valence-corrected chi connectivity index (χ1v) is 9.51. The van der Waals surface area contributed by atoms with E-state index < -0.39 is 11.4 Å². The molecule has 0 aliphatic carbocycles. The quantitative estimate of drug-likeness (QED) is 0.717. The van der Waals surface area contributed by atoms with Crippen molar-refractivity contribution < 1.29 is 19.0 Å². The third kappa shape index (κ3) is 4.34. The van der Waals surface area contributed by atoms with Crippen molar-refractivity contribution in [1.82, 2.24) is 19.8 Å². The van der Waals surface area contributed by atoms with Crippen molar-refractivity contribution in [2.45, 2.75) is 45.0 Å². The molecule has 1 aliphatic heterocycles. The Hall–Kier alpha value is -2.45. The number of carbonyl (C=O) groups is 1. The molecule has 1 saturated heterocycles. The van der Waals surface area contributed by atoms with Crippen LogP contribution in [0.1, 0.15) is 31.2 Å². The number of ether oxygens (including phenoxy) is 1. The minimum Gasteiger partial charge on any atom is -0.497 e. The molecule has 8 heteroatoms. The molecule has 7 nitrogen and oxygen atoms in total. The van der Waals surface area contributed by atoms with Crippen LogP contribution in [0, 0.1) is 5.82 Å². The van der Waals surface area contributed by atoms with Crippen molar-refractivity contribution in [3.8, 4) is 5.75 Å². The first kappa shape index (κ1) is 20.3. The van der Waals surface area contributed by atoms with Gasteiger partial charge in [0, 0.05) is 44.1 Å². The van der Waals surface area contributed by atoms with E-state index in [1.807, 2.05) is 17.7 Å². The molecule has 0 radical (unpaired) electrons. The summed E-state index contributed by atoms with van der Waals surface area (Å²) in [7, 11) is 1.51. The molecule has 1 atom stereocenters. The van der Waals surface area contributed by atoms with Gasteiger partial charge in [0.2, 0.25) is 0 Å². The summed E-state index contributed by atoms with van der Waals surface area (Å²) in [5.41, 5.74) is -1.13. The minimum atomic E-state index is -1.50. The minimum absolute atomic E-state index is 0.102. The molecule has 3 rings (SSSR count). The summed E-state index contributed by atoms with van der Waals surface area (Å²) in [5, 5.41) is 14.1. The Labute approximate surface area is 164 Å². The third-order valence-electron chi connectivity index (χ3n) is 5.16. The predicted molar refractivity (Wildman–Crippen MR) is 102 cm³/mol. The van der Waals surface area contributed by atoms with Crippen LogP contribution in [0.4, 0.5) is 4.39 Å². The summed E-state index contributed by atoms with van der Waals surface area (Å²) in [6, 6.07) is 4.45. The van der Waals surface area contributed by atoms with Crippen LogP contribution in [-0.4, -0.2) is 51.3 Å². The highest BCUT2D eigenvalue weighted by molar-refractivity contribution is 5.86. The van der Waals surface area contributed by atoms with Gasteiger partial charge in [0.05, 0.1) is 13.7 Å². The zero-order valence-electron chi connectivity index (χ0n) is 16.3. The molecule has 1 aromatic carbocycles. The highest BCUT2D eigenvalue weighted by Gasteiger charge is 2.42. The summed E-state index contributed by atoms with van der Waals surface area (Å²) in [4.78, 5) is 18.7. The molecule has 1 aliphatic rings. The van der Waals surface area contributed by atoms with Crippen molar-refractivity contribution in [1.29, 1.82) is 0 Å². The van der Waals surface area contributed by atoms with Gasteiger partial charge in [-0.05, 0) is 38.0 Å². The van der Waals surface area contributed by atoms with Gasteiger partial charge in [0.15, 0.2) is 5.60 Å².